The van der Waals surface area contributed by atoms with E-state index in [-0.39, 0.29) is 18.4 Å². The molecule has 15 heavy (non-hydrogen) atoms. The fourth-order valence-corrected chi connectivity index (χ4v) is 1.27. The molecule has 0 aliphatic rings. The number of amides is 1. The Morgan fingerprint density at radius 3 is 2.53 bits per heavy atom. The smallest absolute Gasteiger partial charge is 0.301 e. The normalized spacial score (nSPS) is 15.8. The Morgan fingerprint density at radius 1 is 1.60 bits per heavy atom. The predicted molar refractivity (Wildman–Crippen MR) is 58.4 cm³/mol. The maximum atomic E-state index is 11.5. The molecule has 0 aromatic carbocycles. The van der Waals surface area contributed by atoms with Gasteiger partial charge in [0, 0.05) is 5.92 Å². The summed E-state index contributed by atoms with van der Waals surface area (Å²) in [5, 5.41) is 2.75. The highest BCUT2D eigenvalue weighted by Crippen LogP contribution is 2.07. The van der Waals surface area contributed by atoms with Crippen molar-refractivity contribution in [3.8, 4) is 0 Å². The fraction of sp³-hybridized carbons (Fsp3) is 0.889. The van der Waals surface area contributed by atoms with Gasteiger partial charge in [0.15, 0.2) is 0 Å². The van der Waals surface area contributed by atoms with E-state index in [1.807, 2.05) is 13.8 Å². The van der Waals surface area contributed by atoms with Crippen LogP contribution in [0.4, 0.5) is 0 Å². The molecule has 0 heterocycles. The zero-order valence-corrected chi connectivity index (χ0v) is 10.4. The Morgan fingerprint density at radius 2 is 2.13 bits per heavy atom. The van der Waals surface area contributed by atoms with Crippen LogP contribution in [-0.2, 0) is 20.3 Å². The van der Waals surface area contributed by atoms with Gasteiger partial charge in [0.1, 0.15) is 0 Å². The van der Waals surface area contributed by atoms with Crippen LogP contribution in [0.2, 0.25) is 0 Å². The fourth-order valence-electron chi connectivity index (χ4n) is 0.876. The summed E-state index contributed by atoms with van der Waals surface area (Å²) in [4.78, 5) is 11.5. The highest BCUT2D eigenvalue weighted by atomic mass is 32.2. The molecular formula is C9H19NO4S. The summed E-state index contributed by atoms with van der Waals surface area (Å²) in [5.41, 5.74) is -0.640. The molecule has 0 fully saturated rings. The van der Waals surface area contributed by atoms with Gasteiger partial charge in [0.2, 0.25) is 5.91 Å². The van der Waals surface area contributed by atoms with Gasteiger partial charge in [-0.3, -0.25) is 13.5 Å². The number of carbonyl (C=O) groups excluding carboxylic acids is 1. The van der Waals surface area contributed by atoms with Gasteiger partial charge in [-0.05, 0) is 20.3 Å². The number of nitrogens with one attached hydrogen (secondary N) is 1. The molecule has 2 N–H and O–H groups in total. The van der Waals surface area contributed by atoms with E-state index in [4.69, 9.17) is 4.55 Å². The lowest BCUT2D eigenvalue weighted by atomic mass is 10.0. The SMILES string of the molecule is CCC(C)C(=O)NC(C)(C)COS(=O)O. The van der Waals surface area contributed by atoms with Crippen molar-refractivity contribution in [3.63, 3.8) is 0 Å². The maximum absolute atomic E-state index is 11.5. The van der Waals surface area contributed by atoms with E-state index >= 15 is 0 Å². The minimum absolute atomic E-state index is 0.00170. The van der Waals surface area contributed by atoms with Crippen LogP contribution in [-0.4, -0.2) is 26.8 Å². The number of hydrogen-bond acceptors (Lipinski definition) is 3. The Labute approximate surface area is 93.1 Å². The van der Waals surface area contributed by atoms with Crippen molar-refractivity contribution in [1.82, 2.24) is 5.32 Å². The summed E-state index contributed by atoms with van der Waals surface area (Å²) in [7, 11) is 0. The molecule has 0 aromatic heterocycles. The largest absolute Gasteiger partial charge is 0.349 e. The van der Waals surface area contributed by atoms with Crippen LogP contribution in [0.3, 0.4) is 0 Å². The Balaban J connectivity index is 4.12. The predicted octanol–water partition coefficient (Wildman–Crippen LogP) is 1.08. The van der Waals surface area contributed by atoms with Crippen LogP contribution >= 0.6 is 0 Å². The van der Waals surface area contributed by atoms with Gasteiger partial charge in [-0.15, -0.1) is 0 Å². The first-order valence-corrected chi connectivity index (χ1v) is 5.88. The highest BCUT2D eigenvalue weighted by molar-refractivity contribution is 7.74. The molecule has 0 aromatic rings. The van der Waals surface area contributed by atoms with Gasteiger partial charge >= 0.3 is 11.4 Å². The lowest BCUT2D eigenvalue weighted by Gasteiger charge is -2.26. The summed E-state index contributed by atoms with van der Waals surface area (Å²) in [6, 6.07) is 0. The zero-order valence-electron chi connectivity index (χ0n) is 9.57. The minimum Gasteiger partial charge on any atom is -0.349 e. The summed E-state index contributed by atoms with van der Waals surface area (Å²) in [6.07, 6.45) is 0.759. The van der Waals surface area contributed by atoms with Gasteiger partial charge in [0.25, 0.3) is 0 Å². The molecule has 0 saturated heterocycles. The monoisotopic (exact) mass is 237 g/mol. The van der Waals surface area contributed by atoms with Crippen LogP contribution in [0.1, 0.15) is 34.1 Å². The average Bonchev–Trinajstić information content (AvgIpc) is 2.13. The van der Waals surface area contributed by atoms with Crippen molar-refractivity contribution in [2.45, 2.75) is 39.7 Å². The van der Waals surface area contributed by atoms with Crippen molar-refractivity contribution in [3.05, 3.63) is 0 Å². The Bertz CT molecular complexity index is 242. The second-order valence-corrected chi connectivity index (χ2v) is 4.83. The molecule has 2 atom stereocenters. The first-order chi connectivity index (χ1) is 6.78. The van der Waals surface area contributed by atoms with Gasteiger partial charge in [-0.2, -0.15) is 4.21 Å². The van der Waals surface area contributed by atoms with Gasteiger partial charge < -0.3 is 5.32 Å². The van der Waals surface area contributed by atoms with E-state index in [1.54, 1.807) is 13.8 Å². The van der Waals surface area contributed by atoms with E-state index in [2.05, 4.69) is 9.50 Å². The maximum Gasteiger partial charge on any atom is 0.301 e. The third-order valence-electron chi connectivity index (χ3n) is 2.04. The summed E-state index contributed by atoms with van der Waals surface area (Å²) < 4.78 is 23.3. The van der Waals surface area contributed by atoms with Crippen molar-refractivity contribution >= 4 is 17.3 Å². The lowest BCUT2D eigenvalue weighted by Crippen LogP contribution is -2.48. The van der Waals surface area contributed by atoms with Crippen LogP contribution in [0.15, 0.2) is 0 Å². The Kier molecular flexibility index (Phi) is 6.00. The zero-order chi connectivity index (χ0) is 12.1. The number of rotatable bonds is 6. The van der Waals surface area contributed by atoms with Gasteiger partial charge in [-0.25, -0.2) is 0 Å². The van der Waals surface area contributed by atoms with Gasteiger partial charge in [0.05, 0.1) is 12.1 Å². The topological polar surface area (TPSA) is 75.6 Å². The molecule has 0 aliphatic heterocycles. The standard InChI is InChI=1S/C9H19NO4S/c1-5-7(2)8(11)10-9(3,4)6-14-15(12)13/h7H,5-6H2,1-4H3,(H,10,11)(H,12,13). The first kappa shape index (κ1) is 14.5. The second-order valence-electron chi connectivity index (χ2n) is 4.16. The molecule has 0 saturated carbocycles. The van der Waals surface area contributed by atoms with Crippen molar-refractivity contribution in [2.75, 3.05) is 6.61 Å². The molecule has 0 spiro atoms. The third-order valence-corrected chi connectivity index (χ3v) is 2.36. The summed E-state index contributed by atoms with van der Waals surface area (Å²) in [5.74, 6) is -0.140. The second kappa shape index (κ2) is 6.19. The third kappa shape index (κ3) is 6.59. The molecule has 5 nitrogen and oxygen atoms in total. The first-order valence-electron chi connectivity index (χ1n) is 4.84. The van der Waals surface area contributed by atoms with E-state index in [1.165, 1.54) is 0 Å². The quantitative estimate of drug-likeness (QED) is 0.678. The molecule has 90 valence electrons. The average molecular weight is 237 g/mol. The van der Waals surface area contributed by atoms with E-state index in [0.29, 0.717) is 0 Å². The molecule has 6 heteroatoms. The molecule has 0 radical (unpaired) electrons. The number of hydrogen-bond donors (Lipinski definition) is 2. The van der Waals surface area contributed by atoms with Crippen molar-refractivity contribution in [1.29, 1.82) is 0 Å². The summed E-state index contributed by atoms with van der Waals surface area (Å²) in [6.45, 7) is 7.23. The van der Waals surface area contributed by atoms with E-state index < -0.39 is 16.9 Å². The number of carbonyl (C=O) groups is 1. The van der Waals surface area contributed by atoms with E-state index in [9.17, 15) is 9.00 Å². The van der Waals surface area contributed by atoms with Crippen LogP contribution in [0.25, 0.3) is 0 Å². The molecular weight excluding hydrogens is 218 g/mol. The Hall–Kier alpha value is -0.460. The molecule has 0 aliphatic carbocycles. The molecule has 1 amide bonds. The van der Waals surface area contributed by atoms with Crippen LogP contribution < -0.4 is 5.32 Å². The lowest BCUT2D eigenvalue weighted by molar-refractivity contribution is -0.126. The van der Waals surface area contributed by atoms with Gasteiger partial charge in [-0.1, -0.05) is 13.8 Å². The van der Waals surface area contributed by atoms with Crippen LogP contribution in [0.5, 0.6) is 0 Å². The molecule has 0 bridgehead atoms. The summed E-state index contributed by atoms with van der Waals surface area (Å²) >= 11 is -2.29. The minimum atomic E-state index is -2.29. The molecule has 2 unspecified atom stereocenters. The van der Waals surface area contributed by atoms with Crippen LogP contribution in [0, 0.1) is 5.92 Å². The van der Waals surface area contributed by atoms with Crippen molar-refractivity contribution < 1.29 is 17.7 Å². The molecule has 0 rings (SSSR count). The van der Waals surface area contributed by atoms with E-state index in [0.717, 1.165) is 6.42 Å². The van der Waals surface area contributed by atoms with Crippen molar-refractivity contribution in [2.24, 2.45) is 5.92 Å². The highest BCUT2D eigenvalue weighted by Gasteiger charge is 2.23.